The second kappa shape index (κ2) is 10.6. The molecule has 0 unspecified atom stereocenters. The van der Waals surface area contributed by atoms with Crippen molar-refractivity contribution >= 4 is 21.9 Å². The third kappa shape index (κ3) is 5.69. The van der Waals surface area contributed by atoms with Crippen LogP contribution in [0, 0.1) is 6.92 Å². The largest absolute Gasteiger partial charge is 0.355 e. The zero-order valence-corrected chi connectivity index (χ0v) is 19.9. The molecule has 2 saturated heterocycles. The summed E-state index contributed by atoms with van der Waals surface area (Å²) in [5.41, 5.74) is 1.000. The van der Waals surface area contributed by atoms with E-state index in [2.05, 4.69) is 25.1 Å². The first kappa shape index (κ1) is 23.6. The monoisotopic (exact) mass is 472 g/mol. The van der Waals surface area contributed by atoms with Crippen LogP contribution in [0.5, 0.6) is 0 Å². The Morgan fingerprint density at radius 2 is 1.76 bits per heavy atom. The molecule has 1 N–H and O–H groups in total. The number of anilines is 1. The van der Waals surface area contributed by atoms with Crippen molar-refractivity contribution in [3.05, 3.63) is 48.3 Å². The molecule has 1 aromatic heterocycles. The molecular formula is C23H32N6O3S. The van der Waals surface area contributed by atoms with Gasteiger partial charge in [0.15, 0.2) is 0 Å². The fourth-order valence-electron chi connectivity index (χ4n) is 4.39. The van der Waals surface area contributed by atoms with Gasteiger partial charge in [-0.1, -0.05) is 17.7 Å². The maximum atomic E-state index is 13.1. The zero-order chi connectivity index (χ0) is 23.3. The van der Waals surface area contributed by atoms with Crippen LogP contribution in [0.15, 0.2) is 47.6 Å². The van der Waals surface area contributed by atoms with Crippen LogP contribution in [0.4, 0.5) is 5.95 Å². The summed E-state index contributed by atoms with van der Waals surface area (Å²) in [7, 11) is -3.68. The predicted molar refractivity (Wildman–Crippen MR) is 126 cm³/mol. The molecule has 0 saturated carbocycles. The molecule has 9 nitrogen and oxygen atoms in total. The molecule has 4 rings (SSSR count). The summed E-state index contributed by atoms with van der Waals surface area (Å²) in [5.74, 6) is 0.570. The van der Waals surface area contributed by atoms with E-state index in [1.807, 2.05) is 13.0 Å². The number of piperazine rings is 1. The highest BCUT2D eigenvalue weighted by atomic mass is 32.2. The number of hydrogen-bond donors (Lipinski definition) is 1. The number of nitrogens with zero attached hydrogens (tertiary/aromatic N) is 5. The van der Waals surface area contributed by atoms with Crippen LogP contribution in [-0.4, -0.2) is 85.4 Å². The van der Waals surface area contributed by atoms with Crippen LogP contribution in [0.3, 0.4) is 0 Å². The summed E-state index contributed by atoms with van der Waals surface area (Å²) in [4.78, 5) is 26.2. The lowest BCUT2D eigenvalue weighted by atomic mass is 10.2. The van der Waals surface area contributed by atoms with E-state index in [1.165, 1.54) is 4.31 Å². The second-order valence-electron chi connectivity index (χ2n) is 8.61. The third-order valence-corrected chi connectivity index (χ3v) is 8.21. The molecule has 2 aromatic rings. The van der Waals surface area contributed by atoms with Gasteiger partial charge in [-0.2, -0.15) is 4.31 Å². The lowest BCUT2D eigenvalue weighted by Crippen LogP contribution is -2.48. The minimum atomic E-state index is -3.68. The van der Waals surface area contributed by atoms with Crippen LogP contribution in [0.1, 0.15) is 24.8 Å². The van der Waals surface area contributed by atoms with Gasteiger partial charge in [-0.05, 0) is 50.9 Å². The van der Waals surface area contributed by atoms with Gasteiger partial charge in [-0.15, -0.1) is 0 Å². The number of carbonyl (C=O) groups excluding carboxylic acids is 1. The van der Waals surface area contributed by atoms with E-state index in [0.717, 1.165) is 50.7 Å². The Labute approximate surface area is 195 Å². The highest BCUT2D eigenvalue weighted by Crippen LogP contribution is 2.26. The summed E-state index contributed by atoms with van der Waals surface area (Å²) in [6.07, 6.45) is 5.59. The normalized spacial score (nSPS) is 20.2. The van der Waals surface area contributed by atoms with E-state index in [9.17, 15) is 13.2 Å². The number of carbonyl (C=O) groups is 1. The van der Waals surface area contributed by atoms with Crippen LogP contribution in [0.2, 0.25) is 0 Å². The lowest BCUT2D eigenvalue weighted by Gasteiger charge is -2.34. The summed E-state index contributed by atoms with van der Waals surface area (Å²) < 4.78 is 27.5. The molecular weight excluding hydrogens is 440 g/mol. The van der Waals surface area contributed by atoms with Gasteiger partial charge in [0.25, 0.3) is 0 Å². The average Bonchev–Trinajstić information content (AvgIpc) is 3.34. The minimum absolute atomic E-state index is 0.200. The van der Waals surface area contributed by atoms with Crippen molar-refractivity contribution in [2.75, 3.05) is 50.7 Å². The molecule has 2 aliphatic heterocycles. The van der Waals surface area contributed by atoms with Crippen LogP contribution in [-0.2, 0) is 14.8 Å². The van der Waals surface area contributed by atoms with Gasteiger partial charge in [0.1, 0.15) is 6.04 Å². The average molecular weight is 473 g/mol. The van der Waals surface area contributed by atoms with Gasteiger partial charge in [-0.25, -0.2) is 18.4 Å². The third-order valence-electron chi connectivity index (χ3n) is 6.29. The molecule has 2 fully saturated rings. The van der Waals surface area contributed by atoms with Crippen LogP contribution < -0.4 is 10.2 Å². The number of benzene rings is 1. The Balaban J connectivity index is 1.22. The highest BCUT2D eigenvalue weighted by molar-refractivity contribution is 7.89. The van der Waals surface area contributed by atoms with Gasteiger partial charge in [-0.3, -0.25) is 9.69 Å². The molecule has 1 aromatic carbocycles. The SMILES string of the molecule is Cc1ccc(S(=O)(=O)N2CCC[C@H]2C(=O)NCCCN2CCN(c3ncccn3)CC2)cc1. The first-order valence-corrected chi connectivity index (χ1v) is 13.0. The van der Waals surface area contributed by atoms with E-state index in [1.54, 1.807) is 36.7 Å². The van der Waals surface area contributed by atoms with Gasteiger partial charge < -0.3 is 10.2 Å². The molecule has 1 amide bonds. The number of aryl methyl sites for hydroxylation is 1. The summed E-state index contributed by atoms with van der Waals surface area (Å²) in [6, 6.07) is 7.97. The van der Waals surface area contributed by atoms with Gasteiger partial charge in [0, 0.05) is 51.7 Å². The number of hydrogen-bond acceptors (Lipinski definition) is 7. The molecule has 3 heterocycles. The van der Waals surface area contributed by atoms with Crippen molar-refractivity contribution in [3.8, 4) is 0 Å². The van der Waals surface area contributed by atoms with Crippen molar-refractivity contribution in [2.24, 2.45) is 0 Å². The van der Waals surface area contributed by atoms with Crippen molar-refractivity contribution < 1.29 is 13.2 Å². The van der Waals surface area contributed by atoms with E-state index >= 15 is 0 Å². The smallest absolute Gasteiger partial charge is 0.243 e. The molecule has 0 spiro atoms. The van der Waals surface area contributed by atoms with Crippen molar-refractivity contribution in [1.82, 2.24) is 24.5 Å². The number of sulfonamides is 1. The lowest BCUT2D eigenvalue weighted by molar-refractivity contribution is -0.124. The second-order valence-corrected chi connectivity index (χ2v) is 10.5. The molecule has 0 bridgehead atoms. The Kier molecular flexibility index (Phi) is 7.56. The molecule has 33 heavy (non-hydrogen) atoms. The van der Waals surface area contributed by atoms with E-state index in [-0.39, 0.29) is 10.8 Å². The van der Waals surface area contributed by atoms with E-state index < -0.39 is 16.1 Å². The topological polar surface area (TPSA) is 98.7 Å². The van der Waals surface area contributed by atoms with Gasteiger partial charge in [0.05, 0.1) is 4.90 Å². The van der Waals surface area contributed by atoms with Crippen molar-refractivity contribution in [3.63, 3.8) is 0 Å². The summed E-state index contributed by atoms with van der Waals surface area (Å²) in [6.45, 7) is 7.34. The molecule has 1 atom stereocenters. The minimum Gasteiger partial charge on any atom is -0.355 e. The summed E-state index contributed by atoms with van der Waals surface area (Å²) >= 11 is 0. The first-order valence-electron chi connectivity index (χ1n) is 11.6. The maximum Gasteiger partial charge on any atom is 0.243 e. The highest BCUT2D eigenvalue weighted by Gasteiger charge is 2.39. The molecule has 0 aliphatic carbocycles. The molecule has 0 radical (unpaired) electrons. The molecule has 2 aliphatic rings. The van der Waals surface area contributed by atoms with E-state index in [0.29, 0.717) is 25.9 Å². The predicted octanol–water partition coefficient (Wildman–Crippen LogP) is 1.27. The van der Waals surface area contributed by atoms with Crippen LogP contribution >= 0.6 is 0 Å². The fourth-order valence-corrected chi connectivity index (χ4v) is 6.05. The first-order chi connectivity index (χ1) is 15.9. The number of rotatable bonds is 8. The number of amides is 1. The summed E-state index contributed by atoms with van der Waals surface area (Å²) in [5, 5.41) is 2.96. The van der Waals surface area contributed by atoms with Crippen molar-refractivity contribution in [1.29, 1.82) is 0 Å². The Hall–Kier alpha value is -2.56. The fraction of sp³-hybridized carbons (Fsp3) is 0.522. The Bertz CT molecular complexity index is 1020. The molecule has 10 heteroatoms. The molecule has 178 valence electrons. The van der Waals surface area contributed by atoms with Crippen molar-refractivity contribution in [2.45, 2.75) is 37.1 Å². The quantitative estimate of drug-likeness (QED) is 0.578. The standard InChI is InChI=1S/C23H32N6O3S/c1-19-6-8-20(9-7-19)33(31,32)29-14-2-5-21(29)22(30)24-12-4-13-27-15-17-28(18-16-27)23-25-10-3-11-26-23/h3,6-11,21H,2,4-5,12-18H2,1H3,(H,24,30)/t21-/m0/s1. The number of nitrogens with one attached hydrogen (secondary N) is 1. The number of aromatic nitrogens is 2. The Morgan fingerprint density at radius 1 is 1.06 bits per heavy atom. The van der Waals surface area contributed by atoms with Gasteiger partial charge in [0.2, 0.25) is 21.9 Å². The van der Waals surface area contributed by atoms with Crippen LogP contribution in [0.25, 0.3) is 0 Å². The van der Waals surface area contributed by atoms with Gasteiger partial charge >= 0.3 is 0 Å². The maximum absolute atomic E-state index is 13.1. The van der Waals surface area contributed by atoms with E-state index in [4.69, 9.17) is 0 Å². The Morgan fingerprint density at radius 3 is 2.45 bits per heavy atom. The zero-order valence-electron chi connectivity index (χ0n) is 19.1.